The number of amides is 1. The molecule has 1 unspecified atom stereocenters. The van der Waals surface area contributed by atoms with Crippen LogP contribution in [0.3, 0.4) is 0 Å². The van der Waals surface area contributed by atoms with Crippen molar-refractivity contribution in [1.82, 2.24) is 4.90 Å². The minimum atomic E-state index is -1.03. The molecule has 168 valence electrons. The Labute approximate surface area is 182 Å². The second-order valence-corrected chi connectivity index (χ2v) is 10.6. The van der Waals surface area contributed by atoms with Crippen molar-refractivity contribution in [2.24, 2.45) is 23.2 Å². The molecule has 0 aromatic heterocycles. The summed E-state index contributed by atoms with van der Waals surface area (Å²) in [4.78, 5) is 25.8. The number of carbonyl (C=O) groups is 2. The van der Waals surface area contributed by atoms with Crippen LogP contribution in [-0.4, -0.2) is 41.1 Å². The van der Waals surface area contributed by atoms with Gasteiger partial charge in [-0.25, -0.2) is 9.18 Å². The number of carbonyl (C=O) groups excluding carboxylic acids is 1. The van der Waals surface area contributed by atoms with Gasteiger partial charge in [0.25, 0.3) is 5.91 Å². The number of rotatable bonds is 6. The highest BCUT2D eigenvalue weighted by Gasteiger charge is 2.54. The first-order chi connectivity index (χ1) is 14.8. The minimum absolute atomic E-state index is 0.0250. The van der Waals surface area contributed by atoms with E-state index in [9.17, 15) is 14.7 Å². The van der Waals surface area contributed by atoms with Gasteiger partial charge in [-0.3, -0.25) is 4.79 Å². The predicted octanol–water partition coefficient (Wildman–Crippen LogP) is 4.84. The standard InChI is InChI=1S/C25H32FNO4/c1-25(2)16-8-7-15(19(25)10-16)13-31-22-12-20(26)18(11-17(22)14-5-6-14)23(28)27-9-3-4-21(27)24(29)30/h11-12,14-16,19,21H,3-10,13H2,1-2H3,(H,29,30)/t15-,16+,19+,21?/m1/s1. The first kappa shape index (κ1) is 20.8. The fourth-order valence-electron chi connectivity index (χ4n) is 6.35. The fraction of sp³-hybridized carbons (Fsp3) is 0.680. The third-order valence-electron chi connectivity index (χ3n) is 8.60. The van der Waals surface area contributed by atoms with Gasteiger partial charge in [0.05, 0.1) is 12.2 Å². The summed E-state index contributed by atoms with van der Waals surface area (Å²) in [6, 6.07) is 2.13. The minimum Gasteiger partial charge on any atom is -0.493 e. The zero-order valence-electron chi connectivity index (χ0n) is 18.4. The van der Waals surface area contributed by atoms with Crippen molar-refractivity contribution in [3.8, 4) is 5.75 Å². The molecule has 4 atom stereocenters. The van der Waals surface area contributed by atoms with Crippen LogP contribution >= 0.6 is 0 Å². The Morgan fingerprint density at radius 1 is 1.19 bits per heavy atom. The van der Waals surface area contributed by atoms with Gasteiger partial charge in [0.2, 0.25) is 0 Å². The van der Waals surface area contributed by atoms with E-state index < -0.39 is 23.7 Å². The summed E-state index contributed by atoms with van der Waals surface area (Å²) in [7, 11) is 0. The molecular weight excluding hydrogens is 397 g/mol. The van der Waals surface area contributed by atoms with E-state index in [0.717, 1.165) is 24.3 Å². The molecule has 5 aliphatic rings. The van der Waals surface area contributed by atoms with E-state index in [4.69, 9.17) is 4.74 Å². The number of ether oxygens (including phenoxy) is 1. The average molecular weight is 430 g/mol. The summed E-state index contributed by atoms with van der Waals surface area (Å²) in [5, 5.41) is 9.39. The van der Waals surface area contributed by atoms with Crippen molar-refractivity contribution in [2.45, 2.75) is 70.8 Å². The number of likely N-dealkylation sites (tertiary alicyclic amines) is 1. The number of benzene rings is 1. The molecule has 1 saturated heterocycles. The molecule has 6 heteroatoms. The third-order valence-corrected chi connectivity index (χ3v) is 8.60. The second kappa shape index (κ2) is 7.49. The van der Waals surface area contributed by atoms with Gasteiger partial charge in [0, 0.05) is 12.6 Å². The Balaban J connectivity index is 1.35. The third kappa shape index (κ3) is 3.52. The summed E-state index contributed by atoms with van der Waals surface area (Å²) in [5.41, 5.74) is 1.25. The first-order valence-corrected chi connectivity index (χ1v) is 11.8. The van der Waals surface area contributed by atoms with Crippen molar-refractivity contribution in [3.05, 3.63) is 29.1 Å². The van der Waals surface area contributed by atoms with E-state index in [1.807, 2.05) is 0 Å². The molecule has 5 fully saturated rings. The van der Waals surface area contributed by atoms with E-state index in [1.165, 1.54) is 30.2 Å². The topological polar surface area (TPSA) is 66.8 Å². The number of fused-ring (bicyclic) bond motifs is 2. The zero-order chi connectivity index (χ0) is 21.9. The van der Waals surface area contributed by atoms with Crippen LogP contribution in [0.2, 0.25) is 0 Å². The summed E-state index contributed by atoms with van der Waals surface area (Å²) in [6.07, 6.45) is 6.76. The quantitative estimate of drug-likeness (QED) is 0.702. The molecule has 4 saturated carbocycles. The number of carboxylic acid groups (broad SMARTS) is 1. The molecule has 6 rings (SSSR count). The van der Waals surface area contributed by atoms with Gasteiger partial charge in [-0.15, -0.1) is 0 Å². The van der Waals surface area contributed by atoms with E-state index in [-0.39, 0.29) is 5.56 Å². The van der Waals surface area contributed by atoms with Crippen molar-refractivity contribution >= 4 is 11.9 Å². The number of halogens is 1. The molecule has 2 bridgehead atoms. The van der Waals surface area contributed by atoms with Gasteiger partial charge in [-0.2, -0.15) is 0 Å². The van der Waals surface area contributed by atoms with E-state index in [0.29, 0.717) is 54.9 Å². The Hall–Kier alpha value is -2.11. The molecule has 1 aromatic rings. The molecule has 31 heavy (non-hydrogen) atoms. The smallest absolute Gasteiger partial charge is 0.326 e. The Morgan fingerprint density at radius 3 is 2.61 bits per heavy atom. The lowest BCUT2D eigenvalue weighted by atomic mass is 9.46. The van der Waals surface area contributed by atoms with Crippen molar-refractivity contribution in [3.63, 3.8) is 0 Å². The maximum Gasteiger partial charge on any atom is 0.326 e. The van der Waals surface area contributed by atoms with Crippen LogP contribution in [0.1, 0.15) is 80.6 Å². The molecule has 1 amide bonds. The number of aliphatic carboxylic acids is 1. The largest absolute Gasteiger partial charge is 0.493 e. The van der Waals surface area contributed by atoms with Gasteiger partial charge >= 0.3 is 5.97 Å². The number of nitrogens with zero attached hydrogens (tertiary/aromatic N) is 1. The lowest BCUT2D eigenvalue weighted by molar-refractivity contribution is -0.141. The van der Waals surface area contributed by atoms with Crippen LogP contribution in [0.25, 0.3) is 0 Å². The molecule has 1 aliphatic heterocycles. The average Bonchev–Trinajstić information content (AvgIpc) is 3.46. The Bertz CT molecular complexity index is 907. The first-order valence-electron chi connectivity index (χ1n) is 11.8. The van der Waals surface area contributed by atoms with Crippen LogP contribution in [0.5, 0.6) is 5.75 Å². The fourth-order valence-corrected chi connectivity index (χ4v) is 6.35. The monoisotopic (exact) mass is 429 g/mol. The number of hydrogen-bond donors (Lipinski definition) is 1. The van der Waals surface area contributed by atoms with Gasteiger partial charge in [0.1, 0.15) is 17.6 Å². The zero-order valence-corrected chi connectivity index (χ0v) is 18.4. The number of carboxylic acids is 1. The highest BCUT2D eigenvalue weighted by Crippen LogP contribution is 2.61. The second-order valence-electron chi connectivity index (χ2n) is 10.6. The molecule has 0 spiro atoms. The molecule has 1 aromatic carbocycles. The van der Waals surface area contributed by atoms with Crippen molar-refractivity contribution in [2.75, 3.05) is 13.2 Å². The van der Waals surface area contributed by atoms with Crippen molar-refractivity contribution < 1.29 is 23.8 Å². The van der Waals surface area contributed by atoms with Crippen LogP contribution in [0.4, 0.5) is 4.39 Å². The number of hydrogen-bond acceptors (Lipinski definition) is 3. The Morgan fingerprint density at radius 2 is 1.97 bits per heavy atom. The maximum absolute atomic E-state index is 15.0. The SMILES string of the molecule is CC1(C)[C@H]2CC[C@H](COc3cc(F)c(C(=O)N4CCCC4C(=O)O)cc3C3CC3)[C@@H]1C2. The molecular formula is C25H32FNO4. The van der Waals surface area contributed by atoms with Crippen LogP contribution in [0.15, 0.2) is 12.1 Å². The normalized spacial score (nSPS) is 31.3. The van der Waals surface area contributed by atoms with Gasteiger partial charge < -0.3 is 14.7 Å². The lowest BCUT2D eigenvalue weighted by Gasteiger charge is -2.60. The molecule has 4 aliphatic carbocycles. The predicted molar refractivity (Wildman–Crippen MR) is 114 cm³/mol. The van der Waals surface area contributed by atoms with Crippen molar-refractivity contribution in [1.29, 1.82) is 0 Å². The van der Waals surface area contributed by atoms with E-state index >= 15 is 4.39 Å². The Kier molecular flexibility index (Phi) is 5.02. The molecule has 1 N–H and O–H groups in total. The summed E-state index contributed by atoms with van der Waals surface area (Å²) in [6.45, 7) is 5.67. The summed E-state index contributed by atoms with van der Waals surface area (Å²) >= 11 is 0. The van der Waals surface area contributed by atoms with E-state index in [2.05, 4.69) is 13.8 Å². The van der Waals surface area contributed by atoms with Crippen LogP contribution < -0.4 is 4.74 Å². The summed E-state index contributed by atoms with van der Waals surface area (Å²) in [5.74, 6) is 0.695. The molecule has 5 nitrogen and oxygen atoms in total. The molecule has 1 heterocycles. The maximum atomic E-state index is 15.0. The van der Waals surface area contributed by atoms with Gasteiger partial charge in [-0.05, 0) is 85.7 Å². The summed E-state index contributed by atoms with van der Waals surface area (Å²) < 4.78 is 21.3. The lowest BCUT2D eigenvalue weighted by Crippen LogP contribution is -2.53. The van der Waals surface area contributed by atoms with E-state index in [1.54, 1.807) is 6.07 Å². The van der Waals surface area contributed by atoms with Crippen LogP contribution in [0, 0.1) is 29.0 Å². The highest BCUT2D eigenvalue weighted by atomic mass is 19.1. The highest BCUT2D eigenvalue weighted by molar-refractivity contribution is 5.97. The van der Waals surface area contributed by atoms with Gasteiger partial charge in [0.15, 0.2) is 0 Å². The molecule has 0 radical (unpaired) electrons. The van der Waals surface area contributed by atoms with Crippen LogP contribution in [-0.2, 0) is 4.79 Å². The van der Waals surface area contributed by atoms with Gasteiger partial charge in [-0.1, -0.05) is 13.8 Å².